The van der Waals surface area contributed by atoms with E-state index in [-0.39, 0.29) is 55.9 Å². The first-order chi connectivity index (χ1) is 27.4. The van der Waals surface area contributed by atoms with Gasteiger partial charge in [0, 0.05) is 36.9 Å². The number of nitrogens with zero attached hydrogens (tertiary/aromatic N) is 6. The van der Waals surface area contributed by atoms with Crippen LogP contribution in [0.25, 0.3) is 22.2 Å². The van der Waals surface area contributed by atoms with Crippen LogP contribution < -0.4 is 0 Å². The van der Waals surface area contributed by atoms with E-state index in [2.05, 4.69) is 36.9 Å². The maximum Gasteiger partial charge on any atom is 0.246 e. The summed E-state index contributed by atoms with van der Waals surface area (Å²) in [6.07, 6.45) is 1.94. The lowest BCUT2D eigenvalue weighted by atomic mass is 9.97. The molecular formula is C46H44N6O4. The lowest BCUT2D eigenvalue weighted by Gasteiger charge is -2.55. The van der Waals surface area contributed by atoms with E-state index in [1.54, 1.807) is 50.2 Å². The first-order valence-corrected chi connectivity index (χ1v) is 19.1. The Morgan fingerprint density at radius 1 is 0.786 bits per heavy atom. The van der Waals surface area contributed by atoms with Gasteiger partial charge in [-0.25, -0.2) is 10.0 Å². The fraction of sp³-hybridized carbons (Fsp3) is 0.217. The number of aromatic hydroxyl groups is 1. The largest absolute Gasteiger partial charge is 0.508 e. The Kier molecular flexibility index (Phi) is 10.5. The number of piperazine rings is 1. The van der Waals surface area contributed by atoms with Crippen molar-refractivity contribution in [2.45, 2.75) is 44.6 Å². The number of amides is 3. The zero-order valence-corrected chi connectivity index (χ0v) is 31.2. The molecule has 0 unspecified atom stereocenters. The maximum atomic E-state index is 14.9. The molecule has 2 aliphatic heterocycles. The van der Waals surface area contributed by atoms with Crippen molar-refractivity contribution in [3.8, 4) is 17.0 Å². The number of aryl methyl sites for hydroxylation is 1. The van der Waals surface area contributed by atoms with Gasteiger partial charge in [0.25, 0.3) is 0 Å². The van der Waals surface area contributed by atoms with Crippen LogP contribution in [0.5, 0.6) is 5.75 Å². The molecule has 1 aromatic heterocycles. The van der Waals surface area contributed by atoms with E-state index in [0.29, 0.717) is 19.5 Å². The Hall–Kier alpha value is -6.52. The molecule has 0 radical (unpaired) electrons. The molecule has 2 fully saturated rings. The van der Waals surface area contributed by atoms with E-state index >= 15 is 0 Å². The number of carbonyl (C=O) groups excluding carboxylic acids is 3. The summed E-state index contributed by atoms with van der Waals surface area (Å²) in [5.41, 5.74) is 6.61. The van der Waals surface area contributed by atoms with E-state index in [9.17, 15) is 19.5 Å². The van der Waals surface area contributed by atoms with Gasteiger partial charge in [-0.15, -0.1) is 6.58 Å². The van der Waals surface area contributed by atoms with Crippen molar-refractivity contribution in [1.82, 2.24) is 29.6 Å². The SMILES string of the molecule is C=CCN1CC(=O)N2[C@@H](Cc3ccc(O)cc3)C(=O)N(Cc3cccc4c(-c5ccccc5)nn(Cc5ccccc5)c34)C[C@@H]2N1C(=O)CCc1ccccc1. The van der Waals surface area contributed by atoms with Crippen molar-refractivity contribution < 1.29 is 19.5 Å². The summed E-state index contributed by atoms with van der Waals surface area (Å²) in [6, 6.07) is 42.1. The van der Waals surface area contributed by atoms with Gasteiger partial charge in [-0.3, -0.25) is 19.1 Å². The molecule has 5 aromatic carbocycles. The summed E-state index contributed by atoms with van der Waals surface area (Å²) in [7, 11) is 0. The van der Waals surface area contributed by atoms with Crippen molar-refractivity contribution in [3.63, 3.8) is 0 Å². The molecule has 6 aromatic rings. The smallest absolute Gasteiger partial charge is 0.246 e. The number of phenolic OH excluding ortho intramolecular Hbond substituents is 1. The van der Waals surface area contributed by atoms with Crippen LogP contribution in [0.2, 0.25) is 0 Å². The summed E-state index contributed by atoms with van der Waals surface area (Å²) in [6.45, 7) is 5.06. The van der Waals surface area contributed by atoms with Crippen LogP contribution in [-0.2, 0) is 40.3 Å². The predicted molar refractivity (Wildman–Crippen MR) is 216 cm³/mol. The third kappa shape index (κ3) is 7.43. The summed E-state index contributed by atoms with van der Waals surface area (Å²) in [4.78, 5) is 46.8. The number of carbonyl (C=O) groups is 3. The van der Waals surface area contributed by atoms with Gasteiger partial charge in [-0.2, -0.15) is 5.10 Å². The van der Waals surface area contributed by atoms with E-state index in [4.69, 9.17) is 5.10 Å². The van der Waals surface area contributed by atoms with Crippen LogP contribution in [0, 0.1) is 0 Å². The number of hydrazine groups is 1. The average Bonchev–Trinajstić information content (AvgIpc) is 3.59. The summed E-state index contributed by atoms with van der Waals surface area (Å²) < 4.78 is 2.02. The van der Waals surface area contributed by atoms with Gasteiger partial charge in [-0.05, 0) is 40.8 Å². The van der Waals surface area contributed by atoms with Gasteiger partial charge in [0.05, 0.1) is 25.2 Å². The molecule has 0 saturated carbocycles. The van der Waals surface area contributed by atoms with E-state index < -0.39 is 12.2 Å². The van der Waals surface area contributed by atoms with E-state index in [1.807, 2.05) is 83.5 Å². The Balaban J connectivity index is 1.20. The monoisotopic (exact) mass is 744 g/mol. The minimum atomic E-state index is -0.880. The molecule has 56 heavy (non-hydrogen) atoms. The molecule has 10 nitrogen and oxygen atoms in total. The van der Waals surface area contributed by atoms with E-state index in [1.165, 1.54) is 0 Å². The lowest BCUT2D eigenvalue weighted by Crippen LogP contribution is -2.75. The standard InChI is InChI=1S/C46H44N6O4/c1-2-27-49-32-43(55)51-40(28-34-21-24-38(53)25-22-34)46(56)48(31-41(51)52(49)42(54)26-23-33-13-6-3-7-14-33)30-37-19-12-20-39-44(36-17-10-5-11-18-36)47-50(45(37)39)29-35-15-8-4-9-16-35/h2-22,24-25,40-41,53H,1,23,26-32H2/t40-,41-/m0/s1. The normalized spacial score (nSPS) is 17.3. The van der Waals surface area contributed by atoms with Crippen molar-refractivity contribution in [2.75, 3.05) is 19.6 Å². The molecule has 0 bridgehead atoms. The number of para-hydroxylation sites is 1. The van der Waals surface area contributed by atoms with Gasteiger partial charge in [0.1, 0.15) is 23.7 Å². The summed E-state index contributed by atoms with van der Waals surface area (Å²) >= 11 is 0. The van der Waals surface area contributed by atoms with Gasteiger partial charge in [0.15, 0.2) is 0 Å². The minimum absolute atomic E-state index is 0.0564. The van der Waals surface area contributed by atoms with Gasteiger partial charge in [0.2, 0.25) is 17.7 Å². The number of aromatic nitrogens is 2. The van der Waals surface area contributed by atoms with Crippen molar-refractivity contribution in [2.24, 2.45) is 0 Å². The summed E-state index contributed by atoms with van der Waals surface area (Å²) in [5.74, 6) is -0.448. The molecule has 2 saturated heterocycles. The second-order valence-corrected chi connectivity index (χ2v) is 14.4. The molecule has 3 heterocycles. The molecule has 8 rings (SSSR count). The molecular weight excluding hydrogens is 701 g/mol. The Bertz CT molecular complexity index is 2350. The zero-order valence-electron chi connectivity index (χ0n) is 31.2. The highest BCUT2D eigenvalue weighted by Crippen LogP contribution is 2.34. The van der Waals surface area contributed by atoms with Crippen LogP contribution in [0.1, 0.15) is 28.7 Å². The van der Waals surface area contributed by atoms with Crippen LogP contribution in [-0.4, -0.2) is 84.3 Å². The Morgan fingerprint density at radius 3 is 2.16 bits per heavy atom. The molecule has 3 amide bonds. The van der Waals surface area contributed by atoms with Crippen LogP contribution in [0.4, 0.5) is 0 Å². The van der Waals surface area contributed by atoms with Crippen LogP contribution in [0.3, 0.4) is 0 Å². The Morgan fingerprint density at radius 2 is 1.46 bits per heavy atom. The number of rotatable bonds is 12. The topological polar surface area (TPSA) is 102 Å². The van der Waals surface area contributed by atoms with Crippen molar-refractivity contribution >= 4 is 28.6 Å². The third-order valence-electron chi connectivity index (χ3n) is 10.7. The molecule has 2 atom stereocenters. The lowest BCUT2D eigenvalue weighted by molar-refractivity contribution is -0.205. The molecule has 10 heteroatoms. The van der Waals surface area contributed by atoms with Gasteiger partial charge < -0.3 is 14.9 Å². The fourth-order valence-electron chi connectivity index (χ4n) is 8.09. The zero-order chi connectivity index (χ0) is 38.6. The Labute approximate surface area is 326 Å². The number of fused-ring (bicyclic) bond motifs is 2. The fourth-order valence-corrected chi connectivity index (χ4v) is 8.09. The van der Waals surface area contributed by atoms with Crippen molar-refractivity contribution in [1.29, 1.82) is 0 Å². The molecule has 2 aliphatic rings. The number of hydrogen-bond acceptors (Lipinski definition) is 6. The van der Waals surface area contributed by atoms with E-state index in [0.717, 1.165) is 44.4 Å². The quantitative estimate of drug-likeness (QED) is 0.145. The second kappa shape index (κ2) is 16.1. The first kappa shape index (κ1) is 36.5. The maximum absolute atomic E-state index is 14.9. The first-order valence-electron chi connectivity index (χ1n) is 19.1. The average molecular weight is 745 g/mol. The van der Waals surface area contributed by atoms with Gasteiger partial charge >= 0.3 is 0 Å². The highest BCUT2D eigenvalue weighted by Gasteiger charge is 2.51. The second-order valence-electron chi connectivity index (χ2n) is 14.4. The highest BCUT2D eigenvalue weighted by molar-refractivity contribution is 5.96. The van der Waals surface area contributed by atoms with Crippen LogP contribution >= 0.6 is 0 Å². The number of benzene rings is 5. The van der Waals surface area contributed by atoms with Crippen molar-refractivity contribution in [3.05, 3.63) is 168 Å². The molecule has 282 valence electrons. The predicted octanol–water partition coefficient (Wildman–Crippen LogP) is 6.44. The minimum Gasteiger partial charge on any atom is -0.508 e. The van der Waals surface area contributed by atoms with Crippen LogP contribution in [0.15, 0.2) is 146 Å². The third-order valence-corrected chi connectivity index (χ3v) is 10.7. The number of phenols is 1. The van der Waals surface area contributed by atoms with Gasteiger partial charge in [-0.1, -0.05) is 127 Å². The summed E-state index contributed by atoms with van der Waals surface area (Å²) in [5, 5.41) is 19.6. The number of hydrogen-bond donors (Lipinski definition) is 1. The molecule has 0 spiro atoms. The highest BCUT2D eigenvalue weighted by atomic mass is 16.3. The molecule has 1 N–H and O–H groups in total. The molecule has 0 aliphatic carbocycles.